The van der Waals surface area contributed by atoms with Gasteiger partial charge in [-0.05, 0) is 37.0 Å². The van der Waals surface area contributed by atoms with Gasteiger partial charge in [0.15, 0.2) is 5.78 Å². The van der Waals surface area contributed by atoms with Crippen LogP contribution in [0.15, 0.2) is 18.2 Å². The lowest BCUT2D eigenvalue weighted by Crippen LogP contribution is -2.21. The fourth-order valence-corrected chi connectivity index (χ4v) is 2.57. The molecule has 2 N–H and O–H groups in total. The second-order valence-electron chi connectivity index (χ2n) is 5.06. The average Bonchev–Trinajstić information content (AvgIpc) is 2.33. The van der Waals surface area contributed by atoms with Crippen LogP contribution in [0.1, 0.15) is 43.0 Å². The number of benzene rings is 1. The second-order valence-corrected chi connectivity index (χ2v) is 5.46. The molecule has 0 radical (unpaired) electrons. The van der Waals surface area contributed by atoms with Crippen molar-refractivity contribution in [3.05, 3.63) is 28.8 Å². The number of hydrogen-bond donors (Lipinski definition) is 1. The highest BCUT2D eigenvalue weighted by Gasteiger charge is 2.25. The molecule has 0 aromatic heterocycles. The molecule has 1 aromatic carbocycles. The quantitative estimate of drug-likeness (QED) is 0.639. The Hall–Kier alpha value is -1.02. The van der Waals surface area contributed by atoms with Crippen LogP contribution in [0.4, 0.5) is 5.69 Å². The Labute approximate surface area is 107 Å². The van der Waals surface area contributed by atoms with E-state index >= 15 is 0 Å². The highest BCUT2D eigenvalue weighted by atomic mass is 35.5. The van der Waals surface area contributed by atoms with E-state index in [1.165, 1.54) is 0 Å². The molecular formula is C14H18ClNO. The molecule has 1 aromatic rings. The summed E-state index contributed by atoms with van der Waals surface area (Å²) in [6.45, 7) is 2.25. The monoisotopic (exact) mass is 251 g/mol. The van der Waals surface area contributed by atoms with Gasteiger partial charge >= 0.3 is 0 Å². The van der Waals surface area contributed by atoms with Crippen LogP contribution < -0.4 is 5.73 Å². The van der Waals surface area contributed by atoms with Crippen LogP contribution in [-0.2, 0) is 0 Å². The van der Waals surface area contributed by atoms with E-state index in [2.05, 4.69) is 6.92 Å². The number of ketones is 1. The van der Waals surface area contributed by atoms with Crippen molar-refractivity contribution >= 4 is 23.1 Å². The van der Waals surface area contributed by atoms with E-state index in [0.717, 1.165) is 31.6 Å². The first-order chi connectivity index (χ1) is 8.08. The summed E-state index contributed by atoms with van der Waals surface area (Å²) >= 11 is 5.85. The minimum atomic E-state index is 0.173. The molecule has 1 aliphatic carbocycles. The Kier molecular flexibility index (Phi) is 3.72. The zero-order valence-corrected chi connectivity index (χ0v) is 10.8. The standard InChI is InChI=1S/C14H18ClNO/c1-9-2-4-10(5-3-9)14(17)11-6-7-12(15)13(16)8-11/h6-10H,2-5,16H2,1H3. The number of halogens is 1. The Morgan fingerprint density at radius 2 is 1.94 bits per heavy atom. The molecule has 1 saturated carbocycles. The maximum atomic E-state index is 12.3. The minimum Gasteiger partial charge on any atom is -0.398 e. The summed E-state index contributed by atoms with van der Waals surface area (Å²) < 4.78 is 0. The van der Waals surface area contributed by atoms with Crippen LogP contribution in [0.3, 0.4) is 0 Å². The molecule has 0 atom stereocenters. The first kappa shape index (κ1) is 12.4. The molecule has 1 fully saturated rings. The molecule has 1 aliphatic rings. The predicted molar refractivity (Wildman–Crippen MR) is 71.3 cm³/mol. The summed E-state index contributed by atoms with van der Waals surface area (Å²) in [5.74, 6) is 1.15. The normalized spacial score (nSPS) is 24.6. The lowest BCUT2D eigenvalue weighted by molar-refractivity contribution is 0.0876. The zero-order chi connectivity index (χ0) is 12.4. The number of hydrogen-bond acceptors (Lipinski definition) is 2. The van der Waals surface area contributed by atoms with Gasteiger partial charge in [-0.1, -0.05) is 31.4 Å². The second kappa shape index (κ2) is 5.09. The smallest absolute Gasteiger partial charge is 0.166 e. The number of Topliss-reactive ketones (excluding diaryl/α,β-unsaturated/α-hetero) is 1. The Morgan fingerprint density at radius 1 is 1.29 bits per heavy atom. The number of carbonyl (C=O) groups is 1. The molecule has 0 aliphatic heterocycles. The molecule has 92 valence electrons. The van der Waals surface area contributed by atoms with Gasteiger partial charge in [0.05, 0.1) is 10.7 Å². The summed E-state index contributed by atoms with van der Waals surface area (Å²) in [7, 11) is 0. The van der Waals surface area contributed by atoms with Crippen molar-refractivity contribution in [2.75, 3.05) is 5.73 Å². The van der Waals surface area contributed by atoms with Crippen molar-refractivity contribution < 1.29 is 4.79 Å². The molecule has 2 nitrogen and oxygen atoms in total. The summed E-state index contributed by atoms with van der Waals surface area (Å²) in [6.07, 6.45) is 4.31. The number of rotatable bonds is 2. The van der Waals surface area contributed by atoms with Gasteiger partial charge in [-0.25, -0.2) is 0 Å². The molecule has 0 amide bonds. The van der Waals surface area contributed by atoms with Crippen molar-refractivity contribution in [2.45, 2.75) is 32.6 Å². The van der Waals surface area contributed by atoms with Gasteiger partial charge in [0.1, 0.15) is 0 Å². The fraction of sp³-hybridized carbons (Fsp3) is 0.500. The largest absolute Gasteiger partial charge is 0.398 e. The molecule has 0 heterocycles. The number of nitrogen functional groups attached to an aromatic ring is 1. The van der Waals surface area contributed by atoms with Crippen LogP contribution in [0.2, 0.25) is 5.02 Å². The van der Waals surface area contributed by atoms with E-state index < -0.39 is 0 Å². The van der Waals surface area contributed by atoms with Gasteiger partial charge in [0.25, 0.3) is 0 Å². The van der Waals surface area contributed by atoms with E-state index in [-0.39, 0.29) is 11.7 Å². The molecule has 17 heavy (non-hydrogen) atoms. The first-order valence-corrected chi connectivity index (χ1v) is 6.55. The third-order valence-electron chi connectivity index (χ3n) is 3.67. The maximum Gasteiger partial charge on any atom is 0.166 e. The van der Waals surface area contributed by atoms with Crippen LogP contribution in [0.5, 0.6) is 0 Å². The summed E-state index contributed by atoms with van der Waals surface area (Å²) in [5, 5.41) is 0.513. The van der Waals surface area contributed by atoms with E-state index in [0.29, 0.717) is 16.3 Å². The number of nitrogens with two attached hydrogens (primary N) is 1. The van der Waals surface area contributed by atoms with Crippen LogP contribution in [-0.4, -0.2) is 5.78 Å². The van der Waals surface area contributed by atoms with Gasteiger partial charge in [-0.15, -0.1) is 0 Å². The Morgan fingerprint density at radius 3 is 2.53 bits per heavy atom. The van der Waals surface area contributed by atoms with Gasteiger partial charge in [-0.2, -0.15) is 0 Å². The third-order valence-corrected chi connectivity index (χ3v) is 4.01. The van der Waals surface area contributed by atoms with Crippen LogP contribution >= 0.6 is 11.6 Å². The summed E-state index contributed by atoms with van der Waals surface area (Å²) in [6, 6.07) is 5.18. The van der Waals surface area contributed by atoms with Crippen LogP contribution in [0.25, 0.3) is 0 Å². The minimum absolute atomic E-state index is 0.173. The van der Waals surface area contributed by atoms with E-state index in [1.54, 1.807) is 18.2 Å². The Bertz CT molecular complexity index is 422. The molecular weight excluding hydrogens is 234 g/mol. The van der Waals surface area contributed by atoms with Gasteiger partial charge in [0, 0.05) is 11.5 Å². The zero-order valence-electron chi connectivity index (χ0n) is 10.1. The molecule has 3 heteroatoms. The SMILES string of the molecule is CC1CCC(C(=O)c2ccc(Cl)c(N)c2)CC1. The molecule has 0 saturated heterocycles. The Balaban J connectivity index is 2.11. The van der Waals surface area contributed by atoms with Crippen molar-refractivity contribution in [3.63, 3.8) is 0 Å². The summed E-state index contributed by atoms with van der Waals surface area (Å²) in [4.78, 5) is 12.3. The molecule has 0 spiro atoms. The predicted octanol–water partition coefficient (Wildman–Crippen LogP) is 3.93. The van der Waals surface area contributed by atoms with Crippen molar-refractivity contribution in [3.8, 4) is 0 Å². The van der Waals surface area contributed by atoms with E-state index in [4.69, 9.17) is 17.3 Å². The van der Waals surface area contributed by atoms with Crippen molar-refractivity contribution in [2.24, 2.45) is 11.8 Å². The maximum absolute atomic E-state index is 12.3. The average molecular weight is 252 g/mol. The number of anilines is 1. The summed E-state index contributed by atoms with van der Waals surface area (Å²) in [5.41, 5.74) is 6.91. The first-order valence-electron chi connectivity index (χ1n) is 6.17. The van der Waals surface area contributed by atoms with Gasteiger partial charge in [0.2, 0.25) is 0 Å². The number of carbonyl (C=O) groups excluding carboxylic acids is 1. The molecule has 2 rings (SSSR count). The van der Waals surface area contributed by atoms with Gasteiger partial charge in [-0.3, -0.25) is 4.79 Å². The fourth-order valence-electron chi connectivity index (χ4n) is 2.45. The van der Waals surface area contributed by atoms with Crippen LogP contribution in [0, 0.1) is 11.8 Å². The lowest BCUT2D eigenvalue weighted by atomic mass is 9.79. The third kappa shape index (κ3) is 2.81. The van der Waals surface area contributed by atoms with Gasteiger partial charge < -0.3 is 5.73 Å². The lowest BCUT2D eigenvalue weighted by Gasteiger charge is -2.25. The topological polar surface area (TPSA) is 43.1 Å². The van der Waals surface area contributed by atoms with E-state index in [9.17, 15) is 4.79 Å². The van der Waals surface area contributed by atoms with Crippen molar-refractivity contribution in [1.29, 1.82) is 0 Å². The highest BCUT2D eigenvalue weighted by molar-refractivity contribution is 6.33. The molecule has 0 bridgehead atoms. The highest BCUT2D eigenvalue weighted by Crippen LogP contribution is 2.31. The van der Waals surface area contributed by atoms with E-state index in [1.807, 2.05) is 0 Å². The molecule has 0 unspecified atom stereocenters. The van der Waals surface area contributed by atoms with Crippen molar-refractivity contribution in [1.82, 2.24) is 0 Å².